The number of aromatic nitrogens is 1. The quantitative estimate of drug-likeness (QED) is 0.683. The van der Waals surface area contributed by atoms with Gasteiger partial charge in [-0.25, -0.2) is 13.8 Å². The van der Waals surface area contributed by atoms with E-state index in [9.17, 15) is 26.7 Å². The van der Waals surface area contributed by atoms with E-state index in [1.165, 1.54) is 0 Å². The van der Waals surface area contributed by atoms with E-state index >= 15 is 0 Å². The maximum Gasteiger partial charge on any atom is 0.433 e. The molecule has 4 nitrogen and oxygen atoms in total. The molecule has 1 aromatic heterocycles. The number of nitrogens with two attached hydrogens (primary N) is 1. The molecule has 0 radical (unpaired) electrons. The number of methoxy groups -OCH3 is 1. The molecular weight excluding hydrogens is 287 g/mol. The van der Waals surface area contributed by atoms with Crippen LogP contribution in [0.5, 0.6) is 0 Å². The summed E-state index contributed by atoms with van der Waals surface area (Å²) < 4.78 is 68.3. The van der Waals surface area contributed by atoms with Crippen LogP contribution in [0.25, 0.3) is 0 Å². The minimum absolute atomic E-state index is 0.448. The van der Waals surface area contributed by atoms with Crippen molar-refractivity contribution in [3.05, 3.63) is 28.6 Å². The fraction of sp³-hybridized carbons (Fsp3) is 0.455. The molecule has 1 rings (SSSR count). The molecule has 0 spiro atoms. The first-order chi connectivity index (χ1) is 9.20. The Morgan fingerprint density at radius 1 is 1.45 bits per heavy atom. The van der Waals surface area contributed by atoms with Crippen LogP contribution in [0.1, 0.15) is 28.9 Å². The second-order valence-corrected chi connectivity index (χ2v) is 3.79. The van der Waals surface area contributed by atoms with Gasteiger partial charge < -0.3 is 10.5 Å². The van der Waals surface area contributed by atoms with Crippen LogP contribution in [0, 0.1) is 0 Å². The lowest BCUT2D eigenvalue weighted by Crippen LogP contribution is -2.19. The molecule has 0 amide bonds. The number of hydrogen-bond donors (Lipinski definition) is 1. The van der Waals surface area contributed by atoms with Crippen LogP contribution in [0.4, 0.5) is 22.0 Å². The smallest absolute Gasteiger partial charge is 0.433 e. The lowest BCUT2D eigenvalue weighted by atomic mass is 10.0. The summed E-state index contributed by atoms with van der Waals surface area (Å²) in [4.78, 5) is 14.2. The maximum atomic E-state index is 12.8. The van der Waals surface area contributed by atoms with Crippen molar-refractivity contribution in [2.75, 3.05) is 7.11 Å². The molecule has 0 fully saturated rings. The standard InChI is InChI=1S/C11H11F5N2O2/c1-20-8(19)3-5-2-6(10(12)13)7(4-17)9(18-5)11(14,15)16/h2,10H,3-4,17H2,1H3. The van der Waals surface area contributed by atoms with Crippen LogP contribution in [0.3, 0.4) is 0 Å². The monoisotopic (exact) mass is 298 g/mol. The van der Waals surface area contributed by atoms with E-state index in [0.29, 0.717) is 0 Å². The molecule has 0 unspecified atom stereocenters. The Bertz CT molecular complexity index is 502. The summed E-state index contributed by atoms with van der Waals surface area (Å²) in [6.45, 7) is -0.736. The normalized spacial score (nSPS) is 11.8. The summed E-state index contributed by atoms with van der Waals surface area (Å²) in [6.07, 6.45) is -8.73. The minimum Gasteiger partial charge on any atom is -0.469 e. The highest BCUT2D eigenvalue weighted by Gasteiger charge is 2.37. The lowest BCUT2D eigenvalue weighted by Gasteiger charge is -2.16. The molecular formula is C11H11F5N2O2. The third kappa shape index (κ3) is 3.62. The van der Waals surface area contributed by atoms with Crippen molar-refractivity contribution in [1.82, 2.24) is 4.98 Å². The zero-order valence-electron chi connectivity index (χ0n) is 10.3. The topological polar surface area (TPSA) is 65.2 Å². The van der Waals surface area contributed by atoms with Crippen LogP contribution in [-0.4, -0.2) is 18.1 Å². The number of rotatable bonds is 4. The van der Waals surface area contributed by atoms with Gasteiger partial charge in [-0.15, -0.1) is 0 Å². The molecule has 0 aliphatic rings. The molecule has 0 aromatic carbocycles. The van der Waals surface area contributed by atoms with Gasteiger partial charge in [0.05, 0.1) is 19.2 Å². The Morgan fingerprint density at radius 3 is 2.45 bits per heavy atom. The molecule has 0 bridgehead atoms. The third-order valence-electron chi connectivity index (χ3n) is 2.47. The van der Waals surface area contributed by atoms with Gasteiger partial charge >= 0.3 is 12.1 Å². The van der Waals surface area contributed by atoms with Crippen LogP contribution in [0.15, 0.2) is 6.07 Å². The first-order valence-corrected chi connectivity index (χ1v) is 5.35. The molecule has 2 N–H and O–H groups in total. The van der Waals surface area contributed by atoms with Gasteiger partial charge in [-0.1, -0.05) is 0 Å². The van der Waals surface area contributed by atoms with Crippen LogP contribution >= 0.6 is 0 Å². The van der Waals surface area contributed by atoms with E-state index in [0.717, 1.165) is 13.2 Å². The van der Waals surface area contributed by atoms with Gasteiger partial charge in [-0.3, -0.25) is 4.79 Å². The third-order valence-corrected chi connectivity index (χ3v) is 2.47. The average Bonchev–Trinajstić information content (AvgIpc) is 2.36. The number of ether oxygens (including phenoxy) is 1. The molecule has 112 valence electrons. The van der Waals surface area contributed by atoms with Gasteiger partial charge in [0.2, 0.25) is 0 Å². The van der Waals surface area contributed by atoms with Crippen molar-refractivity contribution in [2.24, 2.45) is 5.73 Å². The zero-order chi connectivity index (χ0) is 15.5. The predicted molar refractivity (Wildman–Crippen MR) is 57.8 cm³/mol. The second kappa shape index (κ2) is 6.12. The summed E-state index contributed by atoms with van der Waals surface area (Å²) >= 11 is 0. The summed E-state index contributed by atoms with van der Waals surface area (Å²) in [5, 5.41) is 0. The van der Waals surface area contributed by atoms with Gasteiger partial charge in [0, 0.05) is 17.7 Å². The van der Waals surface area contributed by atoms with E-state index in [-0.39, 0.29) is 0 Å². The van der Waals surface area contributed by atoms with Crippen molar-refractivity contribution in [3.8, 4) is 0 Å². The number of esters is 1. The van der Waals surface area contributed by atoms with Gasteiger partial charge in [0.15, 0.2) is 0 Å². The van der Waals surface area contributed by atoms with Crippen molar-refractivity contribution >= 4 is 5.97 Å². The SMILES string of the molecule is COC(=O)Cc1cc(C(F)F)c(CN)c(C(F)(F)F)n1. The van der Waals surface area contributed by atoms with E-state index in [2.05, 4.69) is 9.72 Å². The number of nitrogens with zero attached hydrogens (tertiary/aromatic N) is 1. The molecule has 0 aliphatic carbocycles. The van der Waals surface area contributed by atoms with Crippen LogP contribution in [0.2, 0.25) is 0 Å². The Hall–Kier alpha value is -1.77. The first-order valence-electron chi connectivity index (χ1n) is 5.35. The van der Waals surface area contributed by atoms with Gasteiger partial charge in [0.25, 0.3) is 6.43 Å². The number of alkyl halides is 5. The Kier molecular flexibility index (Phi) is 4.98. The van der Waals surface area contributed by atoms with Crippen LogP contribution in [-0.2, 0) is 28.7 Å². The number of carbonyl (C=O) groups excluding carboxylic acids is 1. The molecule has 0 atom stereocenters. The van der Waals surface area contributed by atoms with Crippen molar-refractivity contribution in [1.29, 1.82) is 0 Å². The number of hydrogen-bond acceptors (Lipinski definition) is 4. The molecule has 1 aromatic rings. The number of halogens is 5. The summed E-state index contributed by atoms with van der Waals surface area (Å²) in [5.41, 5.74) is 1.49. The number of pyridine rings is 1. The minimum atomic E-state index is -4.94. The molecule has 0 saturated heterocycles. The van der Waals surface area contributed by atoms with Gasteiger partial charge in [-0.2, -0.15) is 13.2 Å². The Balaban J connectivity index is 3.44. The lowest BCUT2D eigenvalue weighted by molar-refractivity contribution is -0.143. The molecule has 0 saturated carbocycles. The summed E-state index contributed by atoms with van der Waals surface area (Å²) in [5.74, 6) is -0.883. The second-order valence-electron chi connectivity index (χ2n) is 3.79. The van der Waals surface area contributed by atoms with E-state index < -0.39 is 54.1 Å². The van der Waals surface area contributed by atoms with Crippen LogP contribution < -0.4 is 5.73 Å². The summed E-state index contributed by atoms with van der Waals surface area (Å²) in [6, 6.07) is 0.735. The Labute approximate surface area is 110 Å². The average molecular weight is 298 g/mol. The van der Waals surface area contributed by atoms with E-state index in [1.54, 1.807) is 0 Å². The molecule has 9 heteroatoms. The largest absolute Gasteiger partial charge is 0.469 e. The highest BCUT2D eigenvalue weighted by Crippen LogP contribution is 2.35. The first kappa shape index (κ1) is 16.3. The number of carbonyl (C=O) groups is 1. The Morgan fingerprint density at radius 2 is 2.05 bits per heavy atom. The molecule has 20 heavy (non-hydrogen) atoms. The van der Waals surface area contributed by atoms with Gasteiger partial charge in [-0.05, 0) is 6.07 Å². The fourth-order valence-electron chi connectivity index (χ4n) is 1.60. The molecule has 0 aliphatic heterocycles. The van der Waals surface area contributed by atoms with Crippen molar-refractivity contribution in [2.45, 2.75) is 25.6 Å². The molecule has 1 heterocycles. The fourth-order valence-corrected chi connectivity index (χ4v) is 1.60. The van der Waals surface area contributed by atoms with E-state index in [4.69, 9.17) is 5.73 Å². The van der Waals surface area contributed by atoms with Gasteiger partial charge in [0.1, 0.15) is 5.69 Å². The zero-order valence-corrected chi connectivity index (χ0v) is 10.3. The van der Waals surface area contributed by atoms with Crippen molar-refractivity contribution < 1.29 is 31.5 Å². The van der Waals surface area contributed by atoms with Crippen molar-refractivity contribution in [3.63, 3.8) is 0 Å². The highest BCUT2D eigenvalue weighted by molar-refractivity contribution is 5.72. The van der Waals surface area contributed by atoms with E-state index in [1.807, 2.05) is 0 Å². The maximum absolute atomic E-state index is 12.8. The highest BCUT2D eigenvalue weighted by atomic mass is 19.4. The predicted octanol–water partition coefficient (Wildman–Crippen LogP) is 2.21. The summed E-state index contributed by atoms with van der Waals surface area (Å²) in [7, 11) is 1.02.